The summed E-state index contributed by atoms with van der Waals surface area (Å²) in [6.07, 6.45) is 0.627. The van der Waals surface area contributed by atoms with E-state index in [9.17, 15) is 13.2 Å². The average molecular weight is 333 g/mol. The fourth-order valence-corrected chi connectivity index (χ4v) is 2.75. The van der Waals surface area contributed by atoms with Gasteiger partial charge in [0.2, 0.25) is 15.9 Å². The largest absolute Gasteiger partial charge is 0.368 e. The average Bonchev–Trinajstić information content (AvgIpc) is 2.51. The van der Waals surface area contributed by atoms with Crippen LogP contribution in [0.5, 0.6) is 0 Å². The predicted molar refractivity (Wildman–Crippen MR) is 87.9 cm³/mol. The van der Waals surface area contributed by atoms with Gasteiger partial charge in [-0.05, 0) is 29.7 Å². The summed E-state index contributed by atoms with van der Waals surface area (Å²) in [5, 5.41) is 8.16. The lowest BCUT2D eigenvalue weighted by Crippen LogP contribution is -2.34. The standard InChI is InChI=1S/C16H19N3O3S/c17-16(20)15(13-4-2-1-3-5-13)19-11-10-12-6-8-14(9-7-12)23(18,21)22/h1-9,15,19H,10-11H2,(H2,17,20)(H2,18,21,22). The lowest BCUT2D eigenvalue weighted by Gasteiger charge is -2.15. The molecular weight excluding hydrogens is 314 g/mol. The van der Waals surface area contributed by atoms with E-state index in [0.717, 1.165) is 11.1 Å². The van der Waals surface area contributed by atoms with Crippen LogP contribution < -0.4 is 16.2 Å². The number of rotatable bonds is 7. The molecule has 0 aliphatic carbocycles. The first kappa shape index (κ1) is 17.1. The Hall–Kier alpha value is -2.22. The Morgan fingerprint density at radius 2 is 1.65 bits per heavy atom. The fraction of sp³-hybridized carbons (Fsp3) is 0.188. The van der Waals surface area contributed by atoms with Crippen molar-refractivity contribution < 1.29 is 13.2 Å². The highest BCUT2D eigenvalue weighted by molar-refractivity contribution is 7.89. The third kappa shape index (κ3) is 4.88. The zero-order valence-corrected chi connectivity index (χ0v) is 13.3. The number of primary amides is 1. The maximum atomic E-state index is 11.6. The number of carbonyl (C=O) groups is 1. The SMILES string of the molecule is NC(=O)C(NCCc1ccc(S(N)(=O)=O)cc1)c1ccccc1. The molecule has 0 bridgehead atoms. The molecule has 0 aromatic heterocycles. The van der Waals surface area contributed by atoms with E-state index >= 15 is 0 Å². The molecule has 0 radical (unpaired) electrons. The highest BCUT2D eigenvalue weighted by Crippen LogP contribution is 2.13. The van der Waals surface area contributed by atoms with Crippen LogP contribution in [0, 0.1) is 0 Å². The van der Waals surface area contributed by atoms with Crippen molar-refractivity contribution in [3.05, 3.63) is 65.7 Å². The Morgan fingerprint density at radius 3 is 2.17 bits per heavy atom. The Balaban J connectivity index is 1.96. The monoisotopic (exact) mass is 333 g/mol. The van der Waals surface area contributed by atoms with E-state index in [1.165, 1.54) is 12.1 Å². The molecule has 2 aromatic carbocycles. The van der Waals surface area contributed by atoms with E-state index in [0.29, 0.717) is 13.0 Å². The Labute approximate surface area is 135 Å². The number of hydrogen-bond donors (Lipinski definition) is 3. The van der Waals surface area contributed by atoms with E-state index in [1.807, 2.05) is 30.3 Å². The molecule has 0 saturated carbocycles. The summed E-state index contributed by atoms with van der Waals surface area (Å²) in [7, 11) is -3.68. The molecular formula is C16H19N3O3S. The first-order chi connectivity index (χ1) is 10.9. The van der Waals surface area contributed by atoms with Gasteiger partial charge in [0, 0.05) is 6.54 Å². The van der Waals surface area contributed by atoms with Crippen molar-refractivity contribution in [2.24, 2.45) is 10.9 Å². The molecule has 122 valence electrons. The number of primary sulfonamides is 1. The van der Waals surface area contributed by atoms with E-state index in [1.54, 1.807) is 12.1 Å². The highest BCUT2D eigenvalue weighted by Gasteiger charge is 2.16. The van der Waals surface area contributed by atoms with Crippen molar-refractivity contribution in [3.63, 3.8) is 0 Å². The van der Waals surface area contributed by atoms with Crippen LogP contribution in [0.4, 0.5) is 0 Å². The van der Waals surface area contributed by atoms with Gasteiger partial charge in [0.15, 0.2) is 0 Å². The van der Waals surface area contributed by atoms with E-state index in [2.05, 4.69) is 5.32 Å². The van der Waals surface area contributed by atoms with Crippen molar-refractivity contribution >= 4 is 15.9 Å². The van der Waals surface area contributed by atoms with E-state index < -0.39 is 22.0 Å². The van der Waals surface area contributed by atoms with Crippen LogP contribution >= 0.6 is 0 Å². The molecule has 23 heavy (non-hydrogen) atoms. The first-order valence-corrected chi connectivity index (χ1v) is 8.62. The van der Waals surface area contributed by atoms with Crippen LogP contribution in [0.25, 0.3) is 0 Å². The number of carbonyl (C=O) groups excluding carboxylic acids is 1. The lowest BCUT2D eigenvalue weighted by molar-refractivity contribution is -0.120. The molecule has 2 rings (SSSR count). The van der Waals surface area contributed by atoms with Gasteiger partial charge in [-0.1, -0.05) is 42.5 Å². The second kappa shape index (κ2) is 7.36. The second-order valence-electron chi connectivity index (χ2n) is 5.14. The highest BCUT2D eigenvalue weighted by atomic mass is 32.2. The summed E-state index contributed by atoms with van der Waals surface area (Å²) in [6, 6.07) is 15.0. The molecule has 0 aliphatic rings. The van der Waals surface area contributed by atoms with Gasteiger partial charge in [0.25, 0.3) is 0 Å². The van der Waals surface area contributed by atoms with Crippen molar-refractivity contribution in [1.82, 2.24) is 5.32 Å². The minimum Gasteiger partial charge on any atom is -0.368 e. The molecule has 0 heterocycles. The normalized spacial score (nSPS) is 12.7. The summed E-state index contributed by atoms with van der Waals surface area (Å²) >= 11 is 0. The van der Waals surface area contributed by atoms with Crippen molar-refractivity contribution in [2.75, 3.05) is 6.54 Å². The summed E-state index contributed by atoms with van der Waals surface area (Å²) in [6.45, 7) is 0.525. The molecule has 6 nitrogen and oxygen atoms in total. The van der Waals surface area contributed by atoms with Crippen LogP contribution in [-0.2, 0) is 21.2 Å². The van der Waals surface area contributed by atoms with Gasteiger partial charge in [-0.2, -0.15) is 0 Å². The van der Waals surface area contributed by atoms with Gasteiger partial charge in [-0.15, -0.1) is 0 Å². The number of nitrogens with one attached hydrogen (secondary N) is 1. The Morgan fingerprint density at radius 1 is 1.04 bits per heavy atom. The third-order valence-corrected chi connectivity index (χ3v) is 4.36. The van der Waals surface area contributed by atoms with Crippen molar-refractivity contribution in [3.8, 4) is 0 Å². The van der Waals surface area contributed by atoms with E-state index in [-0.39, 0.29) is 4.90 Å². The quantitative estimate of drug-likeness (QED) is 0.691. The van der Waals surface area contributed by atoms with Crippen LogP contribution in [0.2, 0.25) is 0 Å². The van der Waals surface area contributed by atoms with Crippen LogP contribution in [0.1, 0.15) is 17.2 Å². The van der Waals surface area contributed by atoms with Crippen LogP contribution in [-0.4, -0.2) is 20.9 Å². The van der Waals surface area contributed by atoms with Gasteiger partial charge in [-0.25, -0.2) is 13.6 Å². The third-order valence-electron chi connectivity index (χ3n) is 3.43. The Kier molecular flexibility index (Phi) is 5.49. The minimum absolute atomic E-state index is 0.0773. The van der Waals surface area contributed by atoms with Crippen LogP contribution in [0.15, 0.2) is 59.5 Å². The zero-order valence-electron chi connectivity index (χ0n) is 12.5. The lowest BCUT2D eigenvalue weighted by atomic mass is 10.1. The van der Waals surface area contributed by atoms with Crippen molar-refractivity contribution in [2.45, 2.75) is 17.4 Å². The smallest absolute Gasteiger partial charge is 0.239 e. The van der Waals surface area contributed by atoms with E-state index in [4.69, 9.17) is 10.9 Å². The number of benzene rings is 2. The molecule has 0 fully saturated rings. The van der Waals surface area contributed by atoms with Gasteiger partial charge in [0.1, 0.15) is 6.04 Å². The number of amides is 1. The van der Waals surface area contributed by atoms with Crippen molar-refractivity contribution in [1.29, 1.82) is 0 Å². The molecule has 1 unspecified atom stereocenters. The zero-order chi connectivity index (χ0) is 16.9. The summed E-state index contributed by atoms with van der Waals surface area (Å²) < 4.78 is 22.4. The second-order valence-corrected chi connectivity index (χ2v) is 6.70. The molecule has 0 saturated heterocycles. The minimum atomic E-state index is -3.68. The maximum Gasteiger partial charge on any atom is 0.239 e. The molecule has 0 aliphatic heterocycles. The maximum absolute atomic E-state index is 11.6. The fourth-order valence-electron chi connectivity index (χ4n) is 2.23. The van der Waals surface area contributed by atoms with Crippen LogP contribution in [0.3, 0.4) is 0 Å². The number of nitrogens with two attached hydrogens (primary N) is 2. The number of sulfonamides is 1. The molecule has 1 amide bonds. The summed E-state index contributed by atoms with van der Waals surface area (Å²) in [4.78, 5) is 11.7. The molecule has 0 spiro atoms. The summed E-state index contributed by atoms with van der Waals surface area (Å²) in [5.41, 5.74) is 7.18. The van der Waals surface area contributed by atoms with Gasteiger partial charge in [0.05, 0.1) is 4.90 Å². The van der Waals surface area contributed by atoms with Gasteiger partial charge in [-0.3, -0.25) is 4.79 Å². The van der Waals surface area contributed by atoms with Gasteiger partial charge >= 0.3 is 0 Å². The molecule has 7 heteroatoms. The van der Waals surface area contributed by atoms with Gasteiger partial charge < -0.3 is 11.1 Å². The predicted octanol–water partition coefficient (Wildman–Crippen LogP) is 0.693. The first-order valence-electron chi connectivity index (χ1n) is 7.07. The molecule has 5 N–H and O–H groups in total. The Bertz CT molecular complexity index is 759. The molecule has 1 atom stereocenters. The molecule has 2 aromatic rings. The summed E-state index contributed by atoms with van der Waals surface area (Å²) in [5.74, 6) is -0.444. The topological polar surface area (TPSA) is 115 Å². The number of hydrogen-bond acceptors (Lipinski definition) is 4.